The predicted molar refractivity (Wildman–Crippen MR) is 47.3 cm³/mol. The highest BCUT2D eigenvalue weighted by Gasteiger charge is 2.12. The fraction of sp³-hybridized carbons (Fsp3) is 0.222. The number of halogens is 1. The molecule has 0 atom stereocenters. The summed E-state index contributed by atoms with van der Waals surface area (Å²) in [5.74, 6) is 0. The molecule has 0 radical (unpaired) electrons. The summed E-state index contributed by atoms with van der Waals surface area (Å²) in [4.78, 5) is 4.13. The lowest BCUT2D eigenvalue weighted by atomic mass is 10.1. The average molecular weight is 166 g/mol. The summed E-state index contributed by atoms with van der Waals surface area (Å²) in [6.45, 7) is 2.82. The van der Waals surface area contributed by atoms with E-state index in [9.17, 15) is 0 Å². The fourth-order valence-corrected chi connectivity index (χ4v) is 1.54. The van der Waals surface area contributed by atoms with Gasteiger partial charge in [-0.25, -0.2) is 0 Å². The van der Waals surface area contributed by atoms with Crippen LogP contribution >= 0.6 is 11.6 Å². The van der Waals surface area contributed by atoms with Gasteiger partial charge in [0.1, 0.15) is 5.17 Å². The van der Waals surface area contributed by atoms with Crippen LogP contribution in [0.5, 0.6) is 0 Å². The lowest BCUT2D eigenvalue weighted by Crippen LogP contribution is -1.88. The van der Waals surface area contributed by atoms with Crippen LogP contribution in [0.1, 0.15) is 16.7 Å². The average Bonchev–Trinajstić information content (AvgIpc) is 2.32. The van der Waals surface area contributed by atoms with Crippen LogP contribution in [0.2, 0.25) is 0 Å². The van der Waals surface area contributed by atoms with Crippen LogP contribution in [0.15, 0.2) is 23.2 Å². The van der Waals surface area contributed by atoms with Crippen LogP contribution in [0.4, 0.5) is 0 Å². The molecular weight excluding hydrogens is 158 g/mol. The Morgan fingerprint density at radius 2 is 2.27 bits per heavy atom. The largest absolute Gasteiger partial charge is 0.268 e. The zero-order valence-electron chi connectivity index (χ0n) is 6.26. The van der Waals surface area contributed by atoms with Crippen molar-refractivity contribution in [3.8, 4) is 0 Å². The highest BCUT2D eigenvalue weighted by molar-refractivity contribution is 6.70. The third-order valence-corrected chi connectivity index (χ3v) is 2.19. The predicted octanol–water partition coefficient (Wildman–Crippen LogP) is 2.49. The number of aryl methyl sites for hydroxylation is 1. The second-order valence-corrected chi connectivity index (χ2v) is 3.13. The molecule has 1 nitrogen and oxygen atoms in total. The fourth-order valence-electron chi connectivity index (χ4n) is 1.29. The maximum Gasteiger partial charge on any atom is 0.131 e. The van der Waals surface area contributed by atoms with E-state index in [1.165, 1.54) is 11.1 Å². The summed E-state index contributed by atoms with van der Waals surface area (Å²) in [6, 6.07) is 6.22. The van der Waals surface area contributed by atoms with Gasteiger partial charge >= 0.3 is 0 Å². The van der Waals surface area contributed by atoms with Crippen molar-refractivity contribution in [3.63, 3.8) is 0 Å². The van der Waals surface area contributed by atoms with Gasteiger partial charge in [0.2, 0.25) is 0 Å². The summed E-state index contributed by atoms with van der Waals surface area (Å²) in [7, 11) is 0. The first-order chi connectivity index (χ1) is 5.27. The summed E-state index contributed by atoms with van der Waals surface area (Å²) in [5.41, 5.74) is 3.61. The highest BCUT2D eigenvalue weighted by Crippen LogP contribution is 2.21. The molecule has 0 amide bonds. The Bertz CT molecular complexity index is 328. The van der Waals surface area contributed by atoms with E-state index in [1.54, 1.807) is 0 Å². The third-order valence-electron chi connectivity index (χ3n) is 1.87. The number of hydrogen-bond acceptors (Lipinski definition) is 1. The molecule has 0 saturated carbocycles. The van der Waals surface area contributed by atoms with Gasteiger partial charge in [-0.05, 0) is 12.5 Å². The van der Waals surface area contributed by atoms with Gasteiger partial charge in [0.15, 0.2) is 0 Å². The van der Waals surface area contributed by atoms with Crippen molar-refractivity contribution in [2.75, 3.05) is 0 Å². The van der Waals surface area contributed by atoms with Gasteiger partial charge in [0.05, 0.1) is 6.54 Å². The van der Waals surface area contributed by atoms with Gasteiger partial charge in [-0.3, -0.25) is 4.99 Å². The molecule has 56 valence electrons. The van der Waals surface area contributed by atoms with Crippen molar-refractivity contribution < 1.29 is 0 Å². The molecule has 1 aliphatic rings. The van der Waals surface area contributed by atoms with Crippen LogP contribution in [-0.2, 0) is 6.54 Å². The van der Waals surface area contributed by atoms with E-state index in [4.69, 9.17) is 11.6 Å². The van der Waals surface area contributed by atoms with E-state index in [-0.39, 0.29) is 0 Å². The lowest BCUT2D eigenvalue weighted by molar-refractivity contribution is 1.10. The van der Waals surface area contributed by atoms with Crippen molar-refractivity contribution in [2.45, 2.75) is 13.5 Å². The molecule has 1 heterocycles. The monoisotopic (exact) mass is 165 g/mol. The van der Waals surface area contributed by atoms with Crippen LogP contribution in [0.3, 0.4) is 0 Å². The Labute approximate surface area is 70.7 Å². The van der Waals surface area contributed by atoms with Crippen molar-refractivity contribution >= 4 is 16.8 Å². The standard InChI is InChI=1S/C9H8ClN/c1-6-2-3-8-7(4-6)5-11-9(8)10/h2-4H,5H2,1H3. The topological polar surface area (TPSA) is 12.4 Å². The smallest absolute Gasteiger partial charge is 0.131 e. The number of benzene rings is 1. The van der Waals surface area contributed by atoms with Crippen LogP contribution < -0.4 is 0 Å². The first-order valence-electron chi connectivity index (χ1n) is 3.57. The number of nitrogens with zero attached hydrogens (tertiary/aromatic N) is 1. The first kappa shape index (κ1) is 6.86. The zero-order valence-corrected chi connectivity index (χ0v) is 7.02. The van der Waals surface area contributed by atoms with Crippen LogP contribution in [0.25, 0.3) is 0 Å². The Kier molecular flexibility index (Phi) is 1.46. The Balaban J connectivity index is 2.58. The summed E-state index contributed by atoms with van der Waals surface area (Å²) >= 11 is 5.85. The molecule has 0 saturated heterocycles. The minimum atomic E-state index is 0.653. The summed E-state index contributed by atoms with van der Waals surface area (Å²) in [6.07, 6.45) is 0. The van der Waals surface area contributed by atoms with Gasteiger partial charge < -0.3 is 0 Å². The van der Waals surface area contributed by atoms with E-state index in [0.29, 0.717) is 5.17 Å². The molecule has 0 aromatic heterocycles. The molecule has 1 aromatic rings. The van der Waals surface area contributed by atoms with Crippen molar-refractivity contribution in [3.05, 3.63) is 34.9 Å². The molecule has 0 unspecified atom stereocenters. The van der Waals surface area contributed by atoms with Gasteiger partial charge in [-0.15, -0.1) is 0 Å². The lowest BCUT2D eigenvalue weighted by Gasteiger charge is -1.98. The molecule has 11 heavy (non-hydrogen) atoms. The van der Waals surface area contributed by atoms with Gasteiger partial charge in [0, 0.05) is 5.56 Å². The summed E-state index contributed by atoms with van der Waals surface area (Å²) in [5, 5.41) is 0.653. The van der Waals surface area contributed by atoms with Crippen LogP contribution in [-0.4, -0.2) is 5.17 Å². The van der Waals surface area contributed by atoms with E-state index in [0.717, 1.165) is 12.1 Å². The molecule has 0 bridgehead atoms. The van der Waals surface area contributed by atoms with Gasteiger partial charge in [-0.2, -0.15) is 0 Å². The second kappa shape index (κ2) is 2.35. The normalized spacial score (nSPS) is 14.5. The molecular formula is C9H8ClN. The number of hydrogen-bond donors (Lipinski definition) is 0. The minimum Gasteiger partial charge on any atom is -0.268 e. The maximum atomic E-state index is 5.85. The Hall–Kier alpha value is -0.820. The Morgan fingerprint density at radius 1 is 1.45 bits per heavy atom. The number of aliphatic imine (C=N–C) groups is 1. The van der Waals surface area contributed by atoms with E-state index >= 15 is 0 Å². The molecule has 0 aliphatic carbocycles. The van der Waals surface area contributed by atoms with Crippen molar-refractivity contribution in [1.82, 2.24) is 0 Å². The molecule has 0 N–H and O–H groups in total. The Morgan fingerprint density at radius 3 is 3.09 bits per heavy atom. The quantitative estimate of drug-likeness (QED) is 0.560. The summed E-state index contributed by atoms with van der Waals surface area (Å²) < 4.78 is 0. The minimum absolute atomic E-state index is 0.653. The zero-order chi connectivity index (χ0) is 7.84. The molecule has 1 aromatic carbocycles. The van der Waals surface area contributed by atoms with Gasteiger partial charge in [-0.1, -0.05) is 35.4 Å². The molecule has 2 heteroatoms. The van der Waals surface area contributed by atoms with E-state index < -0.39 is 0 Å². The first-order valence-corrected chi connectivity index (χ1v) is 3.95. The SMILES string of the molecule is Cc1ccc2c(c1)CN=C2Cl. The molecule has 0 fully saturated rings. The van der Waals surface area contributed by atoms with Crippen LogP contribution in [0, 0.1) is 6.92 Å². The van der Waals surface area contributed by atoms with Gasteiger partial charge in [0.25, 0.3) is 0 Å². The van der Waals surface area contributed by atoms with E-state index in [1.807, 2.05) is 6.07 Å². The van der Waals surface area contributed by atoms with Crippen molar-refractivity contribution in [2.24, 2.45) is 4.99 Å². The van der Waals surface area contributed by atoms with E-state index in [2.05, 4.69) is 24.0 Å². The number of fused-ring (bicyclic) bond motifs is 1. The molecule has 1 aliphatic heterocycles. The molecule has 0 spiro atoms. The number of rotatable bonds is 0. The highest BCUT2D eigenvalue weighted by atomic mass is 35.5. The third kappa shape index (κ3) is 1.05. The second-order valence-electron chi connectivity index (χ2n) is 2.77. The maximum absolute atomic E-state index is 5.85. The molecule has 2 rings (SSSR count). The van der Waals surface area contributed by atoms with Crippen molar-refractivity contribution in [1.29, 1.82) is 0 Å².